The Bertz CT molecular complexity index is 445. The molecule has 4 nitrogen and oxygen atoms in total. The van der Waals surface area contributed by atoms with E-state index in [1.807, 2.05) is 0 Å². The Morgan fingerprint density at radius 2 is 1.64 bits per heavy atom. The minimum absolute atomic E-state index is 0.0673. The van der Waals surface area contributed by atoms with E-state index in [1.54, 1.807) is 0 Å². The molecule has 1 rings (SSSR count). The predicted octanol–water partition coefficient (Wildman–Crippen LogP) is 4.47. The van der Waals surface area contributed by atoms with Gasteiger partial charge in [-0.25, -0.2) is 0 Å². The lowest BCUT2D eigenvalue weighted by Crippen LogP contribution is -2.50. The van der Waals surface area contributed by atoms with Gasteiger partial charge in [0.05, 0.1) is 18.5 Å². The van der Waals surface area contributed by atoms with Gasteiger partial charge in [0.25, 0.3) is 10.1 Å². The fourth-order valence-electron chi connectivity index (χ4n) is 2.90. The van der Waals surface area contributed by atoms with E-state index >= 15 is 0 Å². The zero-order chi connectivity index (χ0) is 17.1. The molecule has 0 amide bonds. The first-order valence-electron chi connectivity index (χ1n) is 8.42. The smallest absolute Gasteiger partial charge is 0.264 e. The minimum atomic E-state index is -3.34. The quantitative estimate of drug-likeness (QED) is 0.386. The van der Waals surface area contributed by atoms with Crippen molar-refractivity contribution in [2.45, 2.75) is 89.5 Å². The SMILES string of the molecule is CC(C)(C)[Si](C)(C)OC1(CCCOS(C)(=O)=O)CCCCC1. The van der Waals surface area contributed by atoms with Gasteiger partial charge in [0.1, 0.15) is 0 Å². The number of hydrogen-bond acceptors (Lipinski definition) is 4. The molecule has 132 valence electrons. The van der Waals surface area contributed by atoms with E-state index in [4.69, 9.17) is 8.61 Å². The molecule has 0 saturated heterocycles. The highest BCUT2D eigenvalue weighted by molar-refractivity contribution is 7.85. The van der Waals surface area contributed by atoms with Gasteiger partial charge in [-0.2, -0.15) is 8.42 Å². The number of rotatable bonds is 7. The van der Waals surface area contributed by atoms with Crippen LogP contribution in [-0.2, 0) is 18.7 Å². The van der Waals surface area contributed by atoms with Gasteiger partial charge >= 0.3 is 0 Å². The summed E-state index contributed by atoms with van der Waals surface area (Å²) in [7, 11) is -5.16. The van der Waals surface area contributed by atoms with Gasteiger partial charge in [-0.3, -0.25) is 4.18 Å². The van der Waals surface area contributed by atoms with Crippen LogP contribution in [0.25, 0.3) is 0 Å². The first-order valence-corrected chi connectivity index (χ1v) is 13.1. The average Bonchev–Trinajstić information content (AvgIpc) is 2.33. The molecule has 0 atom stereocenters. The highest BCUT2D eigenvalue weighted by Gasteiger charge is 2.44. The summed E-state index contributed by atoms with van der Waals surface area (Å²) < 4.78 is 33.8. The fraction of sp³-hybridized carbons (Fsp3) is 1.00. The Morgan fingerprint density at radius 1 is 1.09 bits per heavy atom. The molecule has 22 heavy (non-hydrogen) atoms. The second kappa shape index (κ2) is 7.32. The van der Waals surface area contributed by atoms with Crippen molar-refractivity contribution in [3.8, 4) is 0 Å². The van der Waals surface area contributed by atoms with Crippen LogP contribution in [0.5, 0.6) is 0 Å². The fourth-order valence-corrected chi connectivity index (χ4v) is 5.01. The third-order valence-electron chi connectivity index (χ3n) is 5.12. The lowest BCUT2D eigenvalue weighted by atomic mass is 9.82. The zero-order valence-electron chi connectivity index (χ0n) is 15.2. The van der Waals surface area contributed by atoms with Gasteiger partial charge in [-0.1, -0.05) is 40.0 Å². The van der Waals surface area contributed by atoms with Crippen LogP contribution in [-0.4, -0.2) is 35.2 Å². The van der Waals surface area contributed by atoms with Crippen LogP contribution in [0, 0.1) is 0 Å². The van der Waals surface area contributed by atoms with Crippen LogP contribution >= 0.6 is 0 Å². The largest absolute Gasteiger partial charge is 0.411 e. The molecule has 0 aromatic rings. The Hall–Kier alpha value is 0.0869. The molecule has 1 aliphatic rings. The van der Waals surface area contributed by atoms with Crippen LogP contribution in [0.3, 0.4) is 0 Å². The molecular weight excluding hydrogens is 316 g/mol. The van der Waals surface area contributed by atoms with Crippen molar-refractivity contribution in [3.63, 3.8) is 0 Å². The predicted molar refractivity (Wildman–Crippen MR) is 94.1 cm³/mol. The van der Waals surface area contributed by atoms with Crippen molar-refractivity contribution in [2.24, 2.45) is 0 Å². The van der Waals surface area contributed by atoms with E-state index in [2.05, 4.69) is 33.9 Å². The molecule has 0 unspecified atom stereocenters. The topological polar surface area (TPSA) is 52.6 Å². The average molecular weight is 351 g/mol. The molecular formula is C16H34O4SSi. The van der Waals surface area contributed by atoms with Crippen LogP contribution in [0.2, 0.25) is 18.1 Å². The lowest BCUT2D eigenvalue weighted by molar-refractivity contribution is 0.00436. The molecule has 0 radical (unpaired) electrons. The highest BCUT2D eigenvalue weighted by atomic mass is 32.2. The molecule has 0 aliphatic heterocycles. The minimum Gasteiger partial charge on any atom is -0.411 e. The summed E-state index contributed by atoms with van der Waals surface area (Å²) in [6, 6.07) is 0. The molecule has 0 bridgehead atoms. The zero-order valence-corrected chi connectivity index (χ0v) is 17.0. The summed E-state index contributed by atoms with van der Waals surface area (Å²) >= 11 is 0. The molecule has 0 N–H and O–H groups in total. The van der Waals surface area contributed by atoms with Crippen molar-refractivity contribution in [3.05, 3.63) is 0 Å². The second-order valence-electron chi connectivity index (χ2n) is 8.24. The summed E-state index contributed by atoms with van der Waals surface area (Å²) in [6.45, 7) is 11.7. The van der Waals surface area contributed by atoms with Gasteiger partial charge in [0.15, 0.2) is 8.32 Å². The maximum absolute atomic E-state index is 11.1. The van der Waals surface area contributed by atoms with Gasteiger partial charge in [-0.15, -0.1) is 0 Å². The lowest BCUT2D eigenvalue weighted by Gasteiger charge is -2.47. The Morgan fingerprint density at radius 3 is 2.09 bits per heavy atom. The summed E-state index contributed by atoms with van der Waals surface area (Å²) in [5.41, 5.74) is -0.0673. The van der Waals surface area contributed by atoms with Crippen LogP contribution in [0.4, 0.5) is 0 Å². The molecule has 1 fully saturated rings. The summed E-state index contributed by atoms with van der Waals surface area (Å²) in [6.07, 6.45) is 8.63. The Labute approximate surface area is 138 Å². The van der Waals surface area contributed by atoms with Crippen LogP contribution in [0.15, 0.2) is 0 Å². The van der Waals surface area contributed by atoms with Crippen molar-refractivity contribution in [1.29, 1.82) is 0 Å². The van der Waals surface area contributed by atoms with Crippen molar-refractivity contribution in [2.75, 3.05) is 12.9 Å². The third-order valence-corrected chi connectivity index (χ3v) is 10.3. The second-order valence-corrected chi connectivity index (χ2v) is 14.6. The highest BCUT2D eigenvalue weighted by Crippen LogP contribution is 2.44. The van der Waals surface area contributed by atoms with Gasteiger partial charge < -0.3 is 4.43 Å². The maximum atomic E-state index is 11.1. The van der Waals surface area contributed by atoms with E-state index in [-0.39, 0.29) is 17.2 Å². The van der Waals surface area contributed by atoms with E-state index < -0.39 is 18.4 Å². The summed E-state index contributed by atoms with van der Waals surface area (Å²) in [5.74, 6) is 0. The van der Waals surface area contributed by atoms with Crippen molar-refractivity contribution >= 4 is 18.4 Å². The molecule has 1 aliphatic carbocycles. The molecule has 1 saturated carbocycles. The van der Waals surface area contributed by atoms with Crippen LogP contribution < -0.4 is 0 Å². The van der Waals surface area contributed by atoms with Crippen molar-refractivity contribution in [1.82, 2.24) is 0 Å². The normalized spacial score (nSPS) is 20.1. The molecule has 6 heteroatoms. The van der Waals surface area contributed by atoms with E-state index in [9.17, 15) is 8.42 Å². The Balaban J connectivity index is 2.70. The molecule has 0 heterocycles. The van der Waals surface area contributed by atoms with Crippen molar-refractivity contribution < 1.29 is 17.0 Å². The number of hydrogen-bond donors (Lipinski definition) is 0. The van der Waals surface area contributed by atoms with E-state index in [1.165, 1.54) is 19.3 Å². The first kappa shape index (κ1) is 20.1. The summed E-state index contributed by atoms with van der Waals surface area (Å²) in [4.78, 5) is 0. The standard InChI is InChI=1S/C16H34O4SSi/c1-15(2,3)22(5,6)20-16(11-8-7-9-12-16)13-10-14-19-21(4,17)18/h7-14H2,1-6H3. The molecule has 0 aromatic carbocycles. The first-order chi connectivity index (χ1) is 9.87. The Kier molecular flexibility index (Phi) is 6.70. The van der Waals surface area contributed by atoms with Gasteiger partial charge in [0.2, 0.25) is 0 Å². The monoisotopic (exact) mass is 350 g/mol. The molecule has 0 aromatic heterocycles. The maximum Gasteiger partial charge on any atom is 0.264 e. The van der Waals surface area contributed by atoms with E-state index in [0.717, 1.165) is 31.9 Å². The third kappa shape index (κ3) is 6.30. The van der Waals surface area contributed by atoms with Gasteiger partial charge in [-0.05, 0) is 43.8 Å². The van der Waals surface area contributed by atoms with Crippen LogP contribution in [0.1, 0.15) is 65.7 Å². The van der Waals surface area contributed by atoms with Gasteiger partial charge in [0, 0.05) is 0 Å². The molecule has 0 spiro atoms. The summed E-state index contributed by atoms with van der Waals surface area (Å²) in [5, 5.41) is 0.195. The van der Waals surface area contributed by atoms with E-state index in [0.29, 0.717) is 0 Å².